The van der Waals surface area contributed by atoms with Gasteiger partial charge in [0.05, 0.1) is 10.8 Å². The highest BCUT2D eigenvalue weighted by Crippen LogP contribution is 2.27. The lowest BCUT2D eigenvalue weighted by molar-refractivity contribution is 0.590. The summed E-state index contributed by atoms with van der Waals surface area (Å²) in [6.07, 6.45) is 0. The van der Waals surface area contributed by atoms with Crippen LogP contribution in [-0.4, -0.2) is 0 Å². The third-order valence-corrected chi connectivity index (χ3v) is 3.99. The van der Waals surface area contributed by atoms with Gasteiger partial charge in [-0.2, -0.15) is 0 Å². The van der Waals surface area contributed by atoms with Gasteiger partial charge in [0.2, 0.25) is 5.43 Å². The summed E-state index contributed by atoms with van der Waals surface area (Å²) in [6.45, 7) is 6.40. The van der Waals surface area contributed by atoms with Crippen LogP contribution in [0.3, 0.4) is 0 Å². The third kappa shape index (κ3) is 2.16. The fraction of sp³-hybridized carbons (Fsp3) is 0.235. The lowest BCUT2D eigenvalue weighted by atomic mass is 9.86. The van der Waals surface area contributed by atoms with Gasteiger partial charge in [0.25, 0.3) is 0 Å². The van der Waals surface area contributed by atoms with Crippen molar-refractivity contribution in [2.24, 2.45) is 0 Å². The van der Waals surface area contributed by atoms with Gasteiger partial charge in [-0.15, -0.1) is 0 Å². The van der Waals surface area contributed by atoms with Crippen molar-refractivity contribution < 1.29 is 4.42 Å². The minimum absolute atomic E-state index is 0.00680. The molecule has 0 atom stereocenters. The van der Waals surface area contributed by atoms with E-state index >= 15 is 0 Å². The van der Waals surface area contributed by atoms with Crippen molar-refractivity contribution in [3.63, 3.8) is 0 Å². The van der Waals surface area contributed by atoms with Crippen molar-refractivity contribution in [3.8, 4) is 0 Å². The van der Waals surface area contributed by atoms with Crippen LogP contribution in [0.4, 0.5) is 0 Å². The SMILES string of the molecule is CC(C)(C)c1ccc2oc3ccc(Br)cc3c(=O)c2c1. The van der Waals surface area contributed by atoms with E-state index in [1.807, 2.05) is 36.4 Å². The first-order chi connectivity index (χ1) is 9.36. The molecule has 0 radical (unpaired) electrons. The van der Waals surface area contributed by atoms with Crippen molar-refractivity contribution in [3.05, 3.63) is 56.7 Å². The van der Waals surface area contributed by atoms with Crippen LogP contribution in [0.25, 0.3) is 21.9 Å². The zero-order chi connectivity index (χ0) is 14.5. The Morgan fingerprint density at radius 3 is 2.20 bits per heavy atom. The summed E-state index contributed by atoms with van der Waals surface area (Å²) in [5.74, 6) is 0. The average Bonchev–Trinajstić information content (AvgIpc) is 2.38. The highest BCUT2D eigenvalue weighted by Gasteiger charge is 2.16. The molecule has 0 aliphatic carbocycles. The van der Waals surface area contributed by atoms with Crippen LogP contribution in [0.1, 0.15) is 26.3 Å². The van der Waals surface area contributed by atoms with Crippen LogP contribution < -0.4 is 5.43 Å². The molecule has 0 spiro atoms. The Labute approximate surface area is 125 Å². The van der Waals surface area contributed by atoms with Crippen molar-refractivity contribution in [2.45, 2.75) is 26.2 Å². The summed E-state index contributed by atoms with van der Waals surface area (Å²) in [5.41, 5.74) is 2.42. The molecule has 3 rings (SSSR count). The molecule has 0 bridgehead atoms. The van der Waals surface area contributed by atoms with Crippen LogP contribution in [0.15, 0.2) is 50.1 Å². The molecule has 2 nitrogen and oxygen atoms in total. The maximum Gasteiger partial charge on any atom is 0.200 e. The second-order valence-corrected chi connectivity index (χ2v) is 6.95. The largest absolute Gasteiger partial charge is 0.456 e. The van der Waals surface area contributed by atoms with E-state index in [4.69, 9.17) is 4.42 Å². The summed E-state index contributed by atoms with van der Waals surface area (Å²) in [6, 6.07) is 11.4. The Balaban J connectivity index is 2.43. The lowest BCUT2D eigenvalue weighted by Gasteiger charge is -2.19. The minimum atomic E-state index is 0.00680. The fourth-order valence-corrected chi connectivity index (χ4v) is 2.66. The zero-order valence-electron chi connectivity index (χ0n) is 11.7. The number of hydrogen-bond donors (Lipinski definition) is 0. The predicted molar refractivity (Wildman–Crippen MR) is 86.4 cm³/mol. The quantitative estimate of drug-likeness (QED) is 0.542. The van der Waals surface area contributed by atoms with Crippen LogP contribution in [0.5, 0.6) is 0 Å². The first-order valence-corrected chi connectivity index (χ1v) is 7.32. The molecule has 1 aromatic heterocycles. The van der Waals surface area contributed by atoms with Crippen molar-refractivity contribution in [1.29, 1.82) is 0 Å². The summed E-state index contributed by atoms with van der Waals surface area (Å²) in [5, 5.41) is 1.25. The normalized spacial score (nSPS) is 12.2. The van der Waals surface area contributed by atoms with Crippen LogP contribution >= 0.6 is 15.9 Å². The van der Waals surface area contributed by atoms with Crippen LogP contribution in [0.2, 0.25) is 0 Å². The number of fused-ring (bicyclic) bond motifs is 2. The summed E-state index contributed by atoms with van der Waals surface area (Å²) in [4.78, 5) is 12.6. The maximum absolute atomic E-state index is 12.6. The fourth-order valence-electron chi connectivity index (χ4n) is 2.30. The first kappa shape index (κ1) is 13.4. The molecule has 0 unspecified atom stereocenters. The number of halogens is 1. The molecule has 102 valence electrons. The van der Waals surface area contributed by atoms with Crippen LogP contribution in [-0.2, 0) is 5.41 Å². The summed E-state index contributed by atoms with van der Waals surface area (Å²) < 4.78 is 6.71. The molecular weight excluding hydrogens is 316 g/mol. The Morgan fingerprint density at radius 2 is 1.55 bits per heavy atom. The first-order valence-electron chi connectivity index (χ1n) is 6.53. The summed E-state index contributed by atoms with van der Waals surface area (Å²) >= 11 is 3.40. The van der Waals surface area contributed by atoms with E-state index < -0.39 is 0 Å². The molecule has 0 amide bonds. The standard InChI is InChI=1S/C17H15BrO2/c1-17(2,3)10-4-6-14-12(8-10)16(19)13-9-11(18)5-7-15(13)20-14/h4-9H,1-3H3. The molecule has 0 saturated heterocycles. The van der Waals surface area contributed by atoms with Gasteiger partial charge < -0.3 is 4.42 Å². The van der Waals surface area contributed by atoms with Crippen molar-refractivity contribution in [1.82, 2.24) is 0 Å². The second kappa shape index (κ2) is 4.45. The number of benzene rings is 2. The van der Waals surface area contributed by atoms with Gasteiger partial charge in [-0.3, -0.25) is 4.79 Å². The predicted octanol–water partition coefficient (Wildman–Crippen LogP) is 5.01. The van der Waals surface area contributed by atoms with Gasteiger partial charge in [0, 0.05) is 4.47 Å². The van der Waals surface area contributed by atoms with E-state index in [9.17, 15) is 4.79 Å². The van der Waals surface area contributed by atoms with Gasteiger partial charge >= 0.3 is 0 Å². The highest BCUT2D eigenvalue weighted by atomic mass is 79.9. The Bertz CT molecular complexity index is 870. The van der Waals surface area contributed by atoms with Gasteiger partial charge in [0.1, 0.15) is 11.2 Å². The monoisotopic (exact) mass is 330 g/mol. The van der Waals surface area contributed by atoms with Crippen molar-refractivity contribution >= 4 is 37.9 Å². The Kier molecular flexibility index (Phi) is 2.98. The molecule has 3 aromatic rings. The molecule has 0 N–H and O–H groups in total. The smallest absolute Gasteiger partial charge is 0.200 e. The van der Waals surface area contributed by atoms with E-state index in [2.05, 4.69) is 36.7 Å². The highest BCUT2D eigenvalue weighted by molar-refractivity contribution is 9.10. The van der Waals surface area contributed by atoms with Gasteiger partial charge in [-0.25, -0.2) is 0 Å². The summed E-state index contributed by atoms with van der Waals surface area (Å²) in [7, 11) is 0. The van der Waals surface area contributed by atoms with Gasteiger partial charge in [-0.05, 0) is 41.3 Å². The van der Waals surface area contributed by atoms with Gasteiger partial charge in [0.15, 0.2) is 0 Å². The third-order valence-electron chi connectivity index (χ3n) is 3.50. The molecule has 2 aromatic carbocycles. The molecule has 0 aliphatic heterocycles. The molecule has 1 heterocycles. The zero-order valence-corrected chi connectivity index (χ0v) is 13.2. The second-order valence-electron chi connectivity index (χ2n) is 6.03. The molecule has 0 saturated carbocycles. The van der Waals surface area contributed by atoms with E-state index in [0.717, 1.165) is 10.0 Å². The molecule has 20 heavy (non-hydrogen) atoms. The molecule has 3 heteroatoms. The van der Waals surface area contributed by atoms with Crippen molar-refractivity contribution in [2.75, 3.05) is 0 Å². The number of rotatable bonds is 0. The van der Waals surface area contributed by atoms with E-state index in [1.54, 1.807) is 0 Å². The maximum atomic E-state index is 12.6. The average molecular weight is 331 g/mol. The Hall–Kier alpha value is -1.61. The number of hydrogen-bond acceptors (Lipinski definition) is 2. The molecule has 0 fully saturated rings. The van der Waals surface area contributed by atoms with E-state index in [-0.39, 0.29) is 10.8 Å². The lowest BCUT2D eigenvalue weighted by Crippen LogP contribution is -2.12. The van der Waals surface area contributed by atoms with Crippen LogP contribution in [0, 0.1) is 0 Å². The molecule has 0 aliphatic rings. The minimum Gasteiger partial charge on any atom is -0.456 e. The van der Waals surface area contributed by atoms with E-state index in [0.29, 0.717) is 21.9 Å². The molecular formula is C17H15BrO2. The Morgan fingerprint density at radius 1 is 0.950 bits per heavy atom. The van der Waals surface area contributed by atoms with E-state index in [1.165, 1.54) is 0 Å². The van der Waals surface area contributed by atoms with Gasteiger partial charge in [-0.1, -0.05) is 42.8 Å². The topological polar surface area (TPSA) is 30.2 Å².